The number of aliphatic carboxylic acids is 1. The largest absolute Gasteiger partial charge is 0.493 e. The molecule has 9 nitrogen and oxygen atoms in total. The molecule has 2 N–H and O–H groups in total. The summed E-state index contributed by atoms with van der Waals surface area (Å²) in [5.74, 6) is 2.86. The van der Waals surface area contributed by atoms with E-state index in [0.29, 0.717) is 48.8 Å². The summed E-state index contributed by atoms with van der Waals surface area (Å²) in [6.45, 7) is 8.32. The molecule has 54 heavy (non-hydrogen) atoms. The van der Waals surface area contributed by atoms with Crippen LogP contribution in [0.4, 0.5) is 5.69 Å². The number of nitrogens with zero attached hydrogens (tertiary/aromatic N) is 2. The number of hydrogen-bond acceptors (Lipinski definition) is 8. The van der Waals surface area contributed by atoms with E-state index in [-0.39, 0.29) is 11.5 Å². The predicted molar refractivity (Wildman–Crippen MR) is 213 cm³/mol. The lowest BCUT2D eigenvalue weighted by atomic mass is 9.59. The Bertz CT molecular complexity index is 1780. The van der Waals surface area contributed by atoms with Crippen LogP contribution in [0.2, 0.25) is 5.02 Å². The lowest BCUT2D eigenvalue weighted by molar-refractivity contribution is -0.144. The highest BCUT2D eigenvalue weighted by Crippen LogP contribution is 2.58. The Labute approximate surface area is 326 Å². The second-order valence-electron chi connectivity index (χ2n) is 16.6. The fraction of sp³-hybridized carbons (Fsp3) is 0.591. The van der Waals surface area contributed by atoms with Gasteiger partial charge in [-0.25, -0.2) is 4.79 Å². The third kappa shape index (κ3) is 8.19. The molecule has 7 rings (SSSR count). The molecule has 1 aromatic heterocycles. The van der Waals surface area contributed by atoms with Crippen molar-refractivity contribution in [2.24, 2.45) is 11.8 Å². The van der Waals surface area contributed by atoms with E-state index >= 15 is 0 Å². The average Bonchev–Trinajstić information content (AvgIpc) is 3.27. The Morgan fingerprint density at radius 1 is 1.15 bits per heavy atom. The van der Waals surface area contributed by atoms with Gasteiger partial charge in [0.1, 0.15) is 17.4 Å². The van der Waals surface area contributed by atoms with Crippen molar-refractivity contribution in [1.29, 1.82) is 0 Å². The zero-order valence-electron chi connectivity index (χ0n) is 32.5. The monoisotopic (exact) mass is 759 g/mol. The van der Waals surface area contributed by atoms with Gasteiger partial charge in [-0.15, -0.1) is 0 Å². The summed E-state index contributed by atoms with van der Waals surface area (Å²) in [7, 11) is 3.88. The maximum absolute atomic E-state index is 13.1. The molecule has 0 radical (unpaired) electrons. The number of anilines is 1. The number of pyridine rings is 1. The van der Waals surface area contributed by atoms with Crippen LogP contribution in [0.25, 0.3) is 0 Å². The van der Waals surface area contributed by atoms with E-state index in [1.54, 1.807) is 7.11 Å². The van der Waals surface area contributed by atoms with Crippen molar-refractivity contribution in [3.8, 4) is 17.2 Å². The standard InChI is InChI=1S/C44H58ClN3O6/c1-29(28-53-38-12-18-46-37-11-5-8-30(2)41(37)38)22-32-23-31-24-39-40(54-35(13-21-52-39)27-48(3)19-7-20-51-4)26-36(31)43(32)14-16-44(17-15-43,42(49)50)47-34-10-6-9-33(45)25-34/h6,9-10,12,18,24-26,29-30,32,35,47H,5,7-8,11,13-17,19-23,27-28H2,1-4H3,(H,49,50)/t29-,30-,32+,35-,43?,44?/m1/s1. The molecule has 4 aliphatic rings. The fourth-order valence-electron chi connectivity index (χ4n) is 9.90. The molecule has 4 atom stereocenters. The summed E-state index contributed by atoms with van der Waals surface area (Å²) >= 11 is 6.32. The number of carboxylic acid groups (broad SMARTS) is 1. The topological polar surface area (TPSA) is 102 Å². The Morgan fingerprint density at radius 3 is 2.76 bits per heavy atom. The van der Waals surface area contributed by atoms with Crippen molar-refractivity contribution in [3.05, 3.63) is 76.1 Å². The van der Waals surface area contributed by atoms with E-state index in [0.717, 1.165) is 87.6 Å². The number of fused-ring (bicyclic) bond motifs is 4. The number of halogens is 1. The average molecular weight is 760 g/mol. The first-order valence-corrected chi connectivity index (χ1v) is 20.5. The second-order valence-corrected chi connectivity index (χ2v) is 17.1. The molecule has 3 aromatic rings. The van der Waals surface area contributed by atoms with Crippen LogP contribution in [0.15, 0.2) is 48.7 Å². The first-order valence-electron chi connectivity index (χ1n) is 20.1. The number of carbonyl (C=O) groups is 1. The van der Waals surface area contributed by atoms with Gasteiger partial charge in [-0.3, -0.25) is 4.98 Å². The van der Waals surface area contributed by atoms with Crippen molar-refractivity contribution in [3.63, 3.8) is 0 Å². The molecular weight excluding hydrogens is 702 g/mol. The minimum absolute atomic E-state index is 0.0109. The van der Waals surface area contributed by atoms with Crippen molar-refractivity contribution in [2.75, 3.05) is 52.4 Å². The van der Waals surface area contributed by atoms with Crippen LogP contribution in [0.3, 0.4) is 0 Å². The number of benzene rings is 2. The van der Waals surface area contributed by atoms with Crippen molar-refractivity contribution in [1.82, 2.24) is 9.88 Å². The van der Waals surface area contributed by atoms with Crippen LogP contribution in [0.1, 0.15) is 99.9 Å². The maximum Gasteiger partial charge on any atom is 0.329 e. The lowest BCUT2D eigenvalue weighted by Gasteiger charge is -2.47. The maximum atomic E-state index is 13.1. The van der Waals surface area contributed by atoms with Gasteiger partial charge in [0.2, 0.25) is 0 Å². The van der Waals surface area contributed by atoms with E-state index in [9.17, 15) is 9.90 Å². The molecule has 1 aliphatic heterocycles. The number of carboxylic acids is 1. The van der Waals surface area contributed by atoms with Gasteiger partial charge in [-0.2, -0.15) is 0 Å². The summed E-state index contributed by atoms with van der Waals surface area (Å²) in [4.78, 5) is 20.1. The number of hydrogen-bond donors (Lipinski definition) is 2. The van der Waals surface area contributed by atoms with Crippen molar-refractivity contribution >= 4 is 23.3 Å². The Kier molecular flexibility index (Phi) is 12.0. The van der Waals surface area contributed by atoms with Crippen LogP contribution < -0.4 is 19.5 Å². The smallest absolute Gasteiger partial charge is 0.329 e. The minimum atomic E-state index is -1.08. The van der Waals surface area contributed by atoms with Crippen LogP contribution in [-0.2, 0) is 27.8 Å². The van der Waals surface area contributed by atoms with E-state index in [1.807, 2.05) is 36.5 Å². The first kappa shape index (κ1) is 38.7. The summed E-state index contributed by atoms with van der Waals surface area (Å²) in [5.41, 5.74) is 4.52. The molecule has 1 saturated carbocycles. The lowest BCUT2D eigenvalue weighted by Crippen LogP contribution is -2.53. The molecular formula is C44H58ClN3O6. The molecule has 1 fully saturated rings. The number of likely N-dealkylation sites (N-methyl/N-ethyl adjacent to an activating group) is 1. The summed E-state index contributed by atoms with van der Waals surface area (Å²) < 4.78 is 25.0. The molecule has 0 bridgehead atoms. The highest BCUT2D eigenvalue weighted by Gasteiger charge is 2.54. The molecule has 1 spiro atoms. The zero-order chi connectivity index (χ0) is 37.9. The molecule has 0 unspecified atom stereocenters. The van der Waals surface area contributed by atoms with Crippen molar-refractivity contribution < 1.29 is 28.8 Å². The molecule has 10 heteroatoms. The minimum Gasteiger partial charge on any atom is -0.493 e. The third-order valence-corrected chi connectivity index (χ3v) is 13.0. The van der Waals surface area contributed by atoms with E-state index < -0.39 is 11.5 Å². The number of rotatable bonds is 14. The van der Waals surface area contributed by atoms with E-state index in [2.05, 4.69) is 48.2 Å². The SMILES string of the molecule is COCCCN(C)C[C@H]1CCOc2cc3c(cc2O1)C1(CCC(Nc2cccc(Cl)c2)(C(=O)O)CC1)[C@@H](C[C@@H](C)COc1ccnc2c1[C@H](C)CCC2)C3. The number of aryl methyl sites for hydroxylation is 1. The van der Waals surface area contributed by atoms with E-state index in [1.165, 1.54) is 35.2 Å². The van der Waals surface area contributed by atoms with Gasteiger partial charge in [-0.1, -0.05) is 31.5 Å². The highest BCUT2D eigenvalue weighted by molar-refractivity contribution is 6.30. The molecule has 292 valence electrons. The van der Waals surface area contributed by atoms with Gasteiger partial charge in [-0.05, 0) is 142 Å². The van der Waals surface area contributed by atoms with Crippen LogP contribution >= 0.6 is 11.6 Å². The molecule has 3 aliphatic carbocycles. The summed E-state index contributed by atoms with van der Waals surface area (Å²) in [5, 5.41) is 14.7. The summed E-state index contributed by atoms with van der Waals surface area (Å²) in [6, 6.07) is 13.9. The Hall–Kier alpha value is -3.53. The van der Waals surface area contributed by atoms with E-state index in [4.69, 9.17) is 30.5 Å². The van der Waals surface area contributed by atoms with Gasteiger partial charge in [0.25, 0.3) is 0 Å². The molecule has 0 amide bonds. The first-order chi connectivity index (χ1) is 26.1. The molecule has 2 aromatic carbocycles. The van der Waals surface area contributed by atoms with Gasteiger partial charge >= 0.3 is 5.97 Å². The number of methoxy groups -OCH3 is 1. The third-order valence-electron chi connectivity index (χ3n) is 12.7. The number of ether oxygens (including phenoxy) is 4. The number of aromatic nitrogens is 1. The number of nitrogens with one attached hydrogen (secondary N) is 1. The fourth-order valence-corrected chi connectivity index (χ4v) is 10.1. The van der Waals surface area contributed by atoms with Gasteiger partial charge in [0, 0.05) is 61.4 Å². The summed E-state index contributed by atoms with van der Waals surface area (Å²) in [6.07, 6.45) is 11.4. The van der Waals surface area contributed by atoms with Crippen molar-refractivity contribution in [2.45, 2.75) is 107 Å². The Morgan fingerprint density at radius 2 is 1.98 bits per heavy atom. The second kappa shape index (κ2) is 16.7. The molecule has 0 saturated heterocycles. The quantitative estimate of drug-likeness (QED) is 0.156. The normalized spacial score (nSPS) is 26.5. The van der Waals surface area contributed by atoms with Gasteiger partial charge in [0.05, 0.1) is 13.2 Å². The highest BCUT2D eigenvalue weighted by atomic mass is 35.5. The van der Waals surface area contributed by atoms with Gasteiger partial charge in [0.15, 0.2) is 11.5 Å². The van der Waals surface area contributed by atoms with Gasteiger partial charge < -0.3 is 34.3 Å². The van der Waals surface area contributed by atoms with Crippen LogP contribution in [0, 0.1) is 11.8 Å². The Balaban J connectivity index is 1.14. The molecule has 2 heterocycles. The van der Waals surface area contributed by atoms with Crippen LogP contribution in [0.5, 0.6) is 17.2 Å². The zero-order valence-corrected chi connectivity index (χ0v) is 33.3. The predicted octanol–water partition coefficient (Wildman–Crippen LogP) is 8.70. The van der Waals surface area contributed by atoms with Crippen LogP contribution in [-0.4, -0.2) is 79.7 Å².